The Hall–Kier alpha value is -7.18. The molecular formula is C54H33N3S2. The highest BCUT2D eigenvalue weighted by atomic mass is 32.1. The van der Waals surface area contributed by atoms with Gasteiger partial charge in [-0.1, -0.05) is 103 Å². The van der Waals surface area contributed by atoms with Gasteiger partial charge in [0.15, 0.2) is 0 Å². The van der Waals surface area contributed by atoms with Gasteiger partial charge in [-0.3, -0.25) is 0 Å². The van der Waals surface area contributed by atoms with E-state index in [1.807, 2.05) is 0 Å². The van der Waals surface area contributed by atoms with Gasteiger partial charge in [0.1, 0.15) is 10.0 Å². The molecule has 0 N–H and O–H groups in total. The molecule has 0 radical (unpaired) electrons. The number of rotatable bonds is 6. The quantitative estimate of drug-likeness (QED) is 0.168. The summed E-state index contributed by atoms with van der Waals surface area (Å²) in [4.78, 5) is 12.5. The Morgan fingerprint density at radius 2 is 0.644 bits per heavy atom. The van der Waals surface area contributed by atoms with Gasteiger partial charge >= 0.3 is 0 Å². The number of anilines is 3. The van der Waals surface area contributed by atoms with Crippen molar-refractivity contribution < 1.29 is 0 Å². The lowest BCUT2D eigenvalue weighted by Gasteiger charge is -2.26. The van der Waals surface area contributed by atoms with Crippen molar-refractivity contribution in [3.63, 3.8) is 0 Å². The molecule has 276 valence electrons. The standard InChI is InChI=1S/C54H33N3S2/c1-2-8-37-27-42(14-13-34(37)7-1)43-15-16-45-29-48(26-21-44(45)28-43)57(46-22-17-35(18-23-46)53-55-49-30-38-9-3-5-11-40(38)32-51(49)58-53)47-24-19-36(20-25-47)54-56-50-31-39-10-4-6-12-41(39)33-52(50)59-54/h1-33H. The summed E-state index contributed by atoms with van der Waals surface area (Å²) in [5, 5.41) is 11.9. The van der Waals surface area contributed by atoms with Gasteiger partial charge in [-0.25, -0.2) is 9.97 Å². The summed E-state index contributed by atoms with van der Waals surface area (Å²) in [6.07, 6.45) is 0. The lowest BCUT2D eigenvalue weighted by atomic mass is 9.98. The largest absolute Gasteiger partial charge is 0.310 e. The first-order valence-electron chi connectivity index (χ1n) is 19.8. The Kier molecular flexibility index (Phi) is 7.90. The first-order chi connectivity index (χ1) is 29.1. The summed E-state index contributed by atoms with van der Waals surface area (Å²) < 4.78 is 2.40. The van der Waals surface area contributed by atoms with Crippen LogP contribution in [0.2, 0.25) is 0 Å². The van der Waals surface area contributed by atoms with Gasteiger partial charge in [0.05, 0.1) is 20.4 Å². The predicted octanol–water partition coefficient (Wildman–Crippen LogP) is 16.0. The summed E-state index contributed by atoms with van der Waals surface area (Å²) in [5.74, 6) is 0. The van der Waals surface area contributed by atoms with Gasteiger partial charge in [-0.2, -0.15) is 0 Å². The average molecular weight is 788 g/mol. The predicted molar refractivity (Wildman–Crippen MR) is 254 cm³/mol. The minimum Gasteiger partial charge on any atom is -0.310 e. The fraction of sp³-hybridized carbons (Fsp3) is 0. The molecule has 0 unspecified atom stereocenters. The number of hydrogen-bond acceptors (Lipinski definition) is 5. The van der Waals surface area contributed by atoms with Crippen LogP contribution in [0, 0.1) is 0 Å². The maximum Gasteiger partial charge on any atom is 0.124 e. The summed E-state index contributed by atoms with van der Waals surface area (Å²) in [7, 11) is 0. The Bertz CT molecular complexity index is 3300. The number of hydrogen-bond donors (Lipinski definition) is 0. The molecule has 0 saturated carbocycles. The van der Waals surface area contributed by atoms with Gasteiger partial charge in [0, 0.05) is 28.2 Å². The van der Waals surface area contributed by atoms with Crippen LogP contribution in [0.4, 0.5) is 17.1 Å². The van der Waals surface area contributed by atoms with Crippen LogP contribution in [0.3, 0.4) is 0 Å². The summed E-state index contributed by atoms with van der Waals surface area (Å²) >= 11 is 3.49. The number of thiazole rings is 2. The molecular weight excluding hydrogens is 755 g/mol. The molecule has 3 nitrogen and oxygen atoms in total. The summed E-state index contributed by atoms with van der Waals surface area (Å²) in [6, 6.07) is 72.5. The first-order valence-corrected chi connectivity index (χ1v) is 21.4. The van der Waals surface area contributed by atoms with E-state index < -0.39 is 0 Å². The minimum absolute atomic E-state index is 1.02. The van der Waals surface area contributed by atoms with Crippen molar-refractivity contribution in [2.45, 2.75) is 0 Å². The van der Waals surface area contributed by atoms with Gasteiger partial charge in [-0.05, 0) is 151 Å². The van der Waals surface area contributed by atoms with Crippen molar-refractivity contribution in [2.24, 2.45) is 0 Å². The zero-order valence-electron chi connectivity index (χ0n) is 31.7. The molecule has 0 saturated heterocycles. The van der Waals surface area contributed by atoms with Gasteiger partial charge < -0.3 is 4.90 Å². The van der Waals surface area contributed by atoms with Gasteiger partial charge in [0.2, 0.25) is 0 Å². The van der Waals surface area contributed by atoms with E-state index in [9.17, 15) is 0 Å². The van der Waals surface area contributed by atoms with E-state index in [-0.39, 0.29) is 0 Å². The highest BCUT2D eigenvalue weighted by Gasteiger charge is 2.17. The second-order valence-electron chi connectivity index (χ2n) is 15.1. The topological polar surface area (TPSA) is 29.0 Å². The van der Waals surface area contributed by atoms with Crippen molar-refractivity contribution in [2.75, 3.05) is 4.90 Å². The average Bonchev–Trinajstić information content (AvgIpc) is 3.91. The van der Waals surface area contributed by atoms with Crippen molar-refractivity contribution in [1.82, 2.24) is 9.97 Å². The Morgan fingerprint density at radius 1 is 0.288 bits per heavy atom. The van der Waals surface area contributed by atoms with E-state index >= 15 is 0 Å². The molecule has 59 heavy (non-hydrogen) atoms. The second-order valence-corrected chi connectivity index (χ2v) is 17.2. The lowest BCUT2D eigenvalue weighted by molar-refractivity contribution is 1.29. The van der Waals surface area contributed by atoms with Crippen LogP contribution in [0.1, 0.15) is 0 Å². The molecule has 0 bridgehead atoms. The number of benzene rings is 10. The number of nitrogens with zero attached hydrogens (tertiary/aromatic N) is 3. The smallest absolute Gasteiger partial charge is 0.124 e. The first kappa shape index (κ1) is 33.9. The molecule has 0 aliphatic heterocycles. The normalized spacial score (nSPS) is 11.7. The molecule has 12 rings (SSSR count). The van der Waals surface area contributed by atoms with Crippen molar-refractivity contribution in [1.29, 1.82) is 0 Å². The fourth-order valence-electron chi connectivity index (χ4n) is 8.35. The summed E-state index contributed by atoms with van der Waals surface area (Å²) in [5.41, 5.74) is 9.97. The third-order valence-electron chi connectivity index (χ3n) is 11.4. The molecule has 0 aliphatic rings. The number of aromatic nitrogens is 2. The highest BCUT2D eigenvalue weighted by molar-refractivity contribution is 7.22. The Labute approximate surface area is 348 Å². The molecule has 12 aromatic rings. The van der Waals surface area contributed by atoms with Gasteiger partial charge in [0.25, 0.3) is 0 Å². The fourth-order valence-corrected chi connectivity index (χ4v) is 10.3. The molecule has 0 fully saturated rings. The third kappa shape index (κ3) is 6.11. The van der Waals surface area contributed by atoms with E-state index in [0.29, 0.717) is 0 Å². The Morgan fingerprint density at radius 3 is 1.15 bits per heavy atom. The van der Waals surface area contributed by atoms with Crippen LogP contribution >= 0.6 is 22.7 Å². The lowest BCUT2D eigenvalue weighted by Crippen LogP contribution is -2.09. The van der Waals surface area contributed by atoms with Crippen LogP contribution in [-0.2, 0) is 0 Å². The SMILES string of the molecule is c1ccc2cc(-c3ccc4cc(N(c5ccc(-c6nc7cc8ccccc8cc7s6)cc5)c5ccc(-c6nc7cc8ccccc8cc7s6)cc5)ccc4c3)ccc2c1. The molecule has 0 atom stereocenters. The maximum absolute atomic E-state index is 5.07. The van der Waals surface area contributed by atoms with Crippen LogP contribution in [0.15, 0.2) is 200 Å². The second kappa shape index (κ2) is 13.7. The number of fused-ring (bicyclic) bond motifs is 6. The van der Waals surface area contributed by atoms with Crippen LogP contribution in [0.25, 0.3) is 95.8 Å². The monoisotopic (exact) mass is 787 g/mol. The van der Waals surface area contributed by atoms with Crippen LogP contribution in [-0.4, -0.2) is 9.97 Å². The van der Waals surface area contributed by atoms with E-state index in [2.05, 4.69) is 205 Å². The molecule has 0 aliphatic carbocycles. The third-order valence-corrected chi connectivity index (χ3v) is 13.6. The molecule has 5 heteroatoms. The van der Waals surface area contributed by atoms with E-state index in [1.54, 1.807) is 22.7 Å². The molecule has 10 aromatic carbocycles. The summed E-state index contributed by atoms with van der Waals surface area (Å²) in [6.45, 7) is 0. The molecule has 2 heterocycles. The van der Waals surface area contributed by atoms with Crippen LogP contribution < -0.4 is 4.90 Å². The molecule has 0 amide bonds. The Balaban J connectivity index is 0.923. The van der Waals surface area contributed by atoms with E-state index in [0.717, 1.165) is 49.2 Å². The van der Waals surface area contributed by atoms with Gasteiger partial charge in [-0.15, -0.1) is 22.7 Å². The molecule has 0 spiro atoms. The minimum atomic E-state index is 1.02. The van der Waals surface area contributed by atoms with E-state index in [1.165, 1.54) is 63.6 Å². The zero-order chi connectivity index (χ0) is 38.9. The molecule has 2 aromatic heterocycles. The van der Waals surface area contributed by atoms with E-state index in [4.69, 9.17) is 9.97 Å². The van der Waals surface area contributed by atoms with Crippen molar-refractivity contribution >= 4 is 103 Å². The van der Waals surface area contributed by atoms with Crippen LogP contribution in [0.5, 0.6) is 0 Å². The zero-order valence-corrected chi connectivity index (χ0v) is 33.3. The van der Waals surface area contributed by atoms with Crippen molar-refractivity contribution in [3.8, 4) is 32.3 Å². The van der Waals surface area contributed by atoms with Crippen molar-refractivity contribution in [3.05, 3.63) is 200 Å². The maximum atomic E-state index is 5.07. The highest BCUT2D eigenvalue weighted by Crippen LogP contribution is 2.41.